The van der Waals surface area contributed by atoms with Gasteiger partial charge in [-0.1, -0.05) is 78.9 Å². The average Bonchev–Trinajstić information content (AvgIpc) is 3.80. The number of allylic oxidation sites excluding steroid dienone is 1. The fraction of sp³-hybridized carbons (Fsp3) is 0.0465. The number of nitriles is 1. The van der Waals surface area contributed by atoms with Gasteiger partial charge in [-0.25, -0.2) is 0 Å². The number of hydrogen-bond donors (Lipinski definition) is 0. The molecule has 0 N–H and O–H groups in total. The molecular formula is C43H26N2O2. The zero-order valence-electron chi connectivity index (χ0n) is 25.3. The minimum atomic E-state index is 0.623. The Balaban J connectivity index is 1.25. The highest BCUT2D eigenvalue weighted by molar-refractivity contribution is 6.21. The van der Waals surface area contributed by atoms with Crippen LogP contribution in [-0.4, -0.2) is 4.57 Å². The Labute approximate surface area is 270 Å². The molecular weight excluding hydrogens is 576 g/mol. The molecule has 6 aromatic carbocycles. The van der Waals surface area contributed by atoms with Crippen molar-refractivity contribution in [2.24, 2.45) is 0 Å². The molecule has 9 aromatic rings. The van der Waals surface area contributed by atoms with Crippen LogP contribution >= 0.6 is 0 Å². The highest BCUT2D eigenvalue weighted by Gasteiger charge is 2.24. The van der Waals surface area contributed by atoms with E-state index in [-0.39, 0.29) is 0 Å². The lowest BCUT2D eigenvalue weighted by Crippen LogP contribution is -1.99. The van der Waals surface area contributed by atoms with E-state index in [9.17, 15) is 5.26 Å². The number of nitrogens with zero attached hydrogens (tertiary/aromatic N) is 2. The Hall–Kier alpha value is -6.31. The highest BCUT2D eigenvalue weighted by atomic mass is 16.3. The summed E-state index contributed by atoms with van der Waals surface area (Å²) in [6.07, 6.45) is 4.09. The van der Waals surface area contributed by atoms with E-state index in [1.165, 1.54) is 21.9 Å². The molecule has 1 aliphatic carbocycles. The highest BCUT2D eigenvalue weighted by Crippen LogP contribution is 2.45. The van der Waals surface area contributed by atoms with Crippen LogP contribution in [-0.2, 0) is 6.42 Å². The maximum atomic E-state index is 10.4. The number of aryl methyl sites for hydroxylation is 1. The van der Waals surface area contributed by atoms with E-state index in [0.717, 1.165) is 84.9 Å². The number of para-hydroxylation sites is 2. The SMILES string of the molecule is N#Cc1cccc(-n2c3ccccc3c3ccccc32)c1-c1ccc2oc3ccc4oc5c(c4c3c2c1)C=C(c1ccccc1)CC5. The molecule has 4 nitrogen and oxygen atoms in total. The third-order valence-corrected chi connectivity index (χ3v) is 9.76. The molecule has 0 amide bonds. The topological polar surface area (TPSA) is 55.0 Å². The van der Waals surface area contributed by atoms with E-state index < -0.39 is 0 Å². The Kier molecular flexibility index (Phi) is 5.44. The second kappa shape index (κ2) is 9.84. The van der Waals surface area contributed by atoms with Gasteiger partial charge in [-0.15, -0.1) is 0 Å². The summed E-state index contributed by atoms with van der Waals surface area (Å²) in [6.45, 7) is 0. The first kappa shape index (κ1) is 26.0. The molecule has 47 heavy (non-hydrogen) atoms. The second-order valence-electron chi connectivity index (χ2n) is 12.3. The van der Waals surface area contributed by atoms with Gasteiger partial charge in [-0.3, -0.25) is 0 Å². The van der Waals surface area contributed by atoms with E-state index in [1.54, 1.807) is 0 Å². The van der Waals surface area contributed by atoms with Crippen molar-refractivity contribution >= 4 is 66.4 Å². The molecule has 0 saturated carbocycles. The van der Waals surface area contributed by atoms with Gasteiger partial charge in [-0.2, -0.15) is 5.26 Å². The van der Waals surface area contributed by atoms with Crippen LogP contribution in [0.3, 0.4) is 0 Å². The fourth-order valence-electron chi connectivity index (χ4n) is 7.70. The zero-order chi connectivity index (χ0) is 31.1. The number of fused-ring (bicyclic) bond motifs is 10. The van der Waals surface area contributed by atoms with Crippen LogP contribution in [0.1, 0.15) is 28.9 Å². The standard InChI is InChI=1S/C43H26N2O2/c44-25-29-11-8-16-36(45-34-14-6-4-12-30(34)31-13-5-7-15-35(31)45)41(29)28-18-20-38-33(24-28)43-40(47-38)22-21-39-42(43)32-23-27(17-19-37(32)46-39)26-9-2-1-3-10-26/h1-16,18,20-24H,17,19H2. The minimum absolute atomic E-state index is 0.623. The minimum Gasteiger partial charge on any atom is -0.460 e. The van der Waals surface area contributed by atoms with E-state index in [0.29, 0.717) is 5.56 Å². The van der Waals surface area contributed by atoms with E-state index in [2.05, 4.69) is 114 Å². The van der Waals surface area contributed by atoms with E-state index in [1.807, 2.05) is 30.3 Å². The molecule has 0 aliphatic heterocycles. The molecule has 0 saturated heterocycles. The van der Waals surface area contributed by atoms with Crippen molar-refractivity contribution in [3.8, 4) is 22.9 Å². The molecule has 220 valence electrons. The normalized spacial score (nSPS) is 13.0. The monoisotopic (exact) mass is 602 g/mol. The van der Waals surface area contributed by atoms with Gasteiger partial charge in [0.15, 0.2) is 0 Å². The van der Waals surface area contributed by atoms with Crippen LogP contribution in [0.5, 0.6) is 0 Å². The Morgan fingerprint density at radius 3 is 2.04 bits per heavy atom. The van der Waals surface area contributed by atoms with Crippen molar-refractivity contribution in [3.05, 3.63) is 150 Å². The third-order valence-electron chi connectivity index (χ3n) is 9.76. The molecule has 3 aromatic heterocycles. The summed E-state index contributed by atoms with van der Waals surface area (Å²) in [5.74, 6) is 1.01. The molecule has 10 rings (SSSR count). The number of benzene rings is 6. The van der Waals surface area contributed by atoms with Crippen molar-refractivity contribution in [1.82, 2.24) is 4.57 Å². The summed E-state index contributed by atoms with van der Waals surface area (Å²) in [5, 5.41) is 15.9. The summed E-state index contributed by atoms with van der Waals surface area (Å²) < 4.78 is 15.2. The lowest BCUT2D eigenvalue weighted by atomic mass is 9.90. The first-order valence-electron chi connectivity index (χ1n) is 16.0. The van der Waals surface area contributed by atoms with Crippen LogP contribution in [0.2, 0.25) is 0 Å². The van der Waals surface area contributed by atoms with Gasteiger partial charge in [-0.05, 0) is 77.7 Å². The van der Waals surface area contributed by atoms with Crippen molar-refractivity contribution in [2.75, 3.05) is 0 Å². The first-order chi connectivity index (χ1) is 23.3. The Morgan fingerprint density at radius 2 is 1.28 bits per heavy atom. The lowest BCUT2D eigenvalue weighted by Gasteiger charge is -2.15. The largest absolute Gasteiger partial charge is 0.460 e. The average molecular weight is 603 g/mol. The molecule has 0 bridgehead atoms. The van der Waals surface area contributed by atoms with E-state index in [4.69, 9.17) is 8.83 Å². The molecule has 4 heteroatoms. The van der Waals surface area contributed by atoms with Gasteiger partial charge in [0.2, 0.25) is 0 Å². The third kappa shape index (κ3) is 3.75. The summed E-state index contributed by atoms with van der Waals surface area (Å²) in [5.41, 5.74) is 11.8. The number of furan rings is 2. The predicted molar refractivity (Wildman–Crippen MR) is 191 cm³/mol. The van der Waals surface area contributed by atoms with Crippen molar-refractivity contribution < 1.29 is 8.83 Å². The van der Waals surface area contributed by atoms with Crippen LogP contribution < -0.4 is 0 Å². The van der Waals surface area contributed by atoms with Gasteiger partial charge in [0.05, 0.1) is 28.4 Å². The number of rotatable bonds is 3. The predicted octanol–water partition coefficient (Wildman–Crippen LogP) is 11.5. The summed E-state index contributed by atoms with van der Waals surface area (Å²) in [4.78, 5) is 0. The summed E-state index contributed by atoms with van der Waals surface area (Å²) >= 11 is 0. The molecule has 1 aliphatic rings. The van der Waals surface area contributed by atoms with Crippen molar-refractivity contribution in [1.29, 1.82) is 5.26 Å². The van der Waals surface area contributed by atoms with Gasteiger partial charge < -0.3 is 13.4 Å². The molecule has 0 radical (unpaired) electrons. The molecule has 0 atom stereocenters. The van der Waals surface area contributed by atoms with Crippen LogP contribution in [0.25, 0.3) is 83.2 Å². The number of hydrogen-bond acceptors (Lipinski definition) is 3. The van der Waals surface area contributed by atoms with Crippen LogP contribution in [0.15, 0.2) is 136 Å². The Morgan fingerprint density at radius 1 is 0.574 bits per heavy atom. The van der Waals surface area contributed by atoms with Gasteiger partial charge in [0.25, 0.3) is 0 Å². The molecule has 3 heterocycles. The van der Waals surface area contributed by atoms with Crippen LogP contribution in [0, 0.1) is 11.3 Å². The van der Waals surface area contributed by atoms with Gasteiger partial charge in [0, 0.05) is 44.5 Å². The first-order valence-corrected chi connectivity index (χ1v) is 16.0. The van der Waals surface area contributed by atoms with Crippen molar-refractivity contribution in [3.63, 3.8) is 0 Å². The van der Waals surface area contributed by atoms with Gasteiger partial charge in [0.1, 0.15) is 22.5 Å². The number of aromatic nitrogens is 1. The summed E-state index contributed by atoms with van der Waals surface area (Å²) in [6, 6.07) is 46.4. The molecule has 0 fully saturated rings. The molecule has 0 unspecified atom stereocenters. The Bertz CT molecular complexity index is 2750. The van der Waals surface area contributed by atoms with E-state index >= 15 is 0 Å². The smallest absolute Gasteiger partial charge is 0.136 e. The maximum Gasteiger partial charge on any atom is 0.136 e. The fourth-order valence-corrected chi connectivity index (χ4v) is 7.70. The summed E-state index contributed by atoms with van der Waals surface area (Å²) in [7, 11) is 0. The van der Waals surface area contributed by atoms with Gasteiger partial charge >= 0.3 is 0 Å². The second-order valence-corrected chi connectivity index (χ2v) is 12.3. The molecule has 0 spiro atoms. The quantitative estimate of drug-likeness (QED) is 0.202. The maximum absolute atomic E-state index is 10.4. The van der Waals surface area contributed by atoms with Crippen molar-refractivity contribution in [2.45, 2.75) is 12.8 Å². The lowest BCUT2D eigenvalue weighted by molar-refractivity contribution is 0.547. The zero-order valence-corrected chi connectivity index (χ0v) is 25.3. The van der Waals surface area contributed by atoms with Crippen LogP contribution in [0.4, 0.5) is 0 Å².